The SMILES string of the molecule is CC(C)(C)Cc1ccc2cc(C(=O)C(C)(C)C)cnc2c1. The summed E-state index contributed by atoms with van der Waals surface area (Å²) in [4.78, 5) is 16.8. The van der Waals surface area contributed by atoms with Gasteiger partial charge in [0.05, 0.1) is 5.52 Å². The van der Waals surface area contributed by atoms with Crippen molar-refractivity contribution in [3.63, 3.8) is 0 Å². The number of nitrogens with zero attached hydrogens (tertiary/aromatic N) is 1. The van der Waals surface area contributed by atoms with Crippen molar-refractivity contribution in [1.82, 2.24) is 4.98 Å². The van der Waals surface area contributed by atoms with E-state index >= 15 is 0 Å². The van der Waals surface area contributed by atoms with Crippen LogP contribution in [0.3, 0.4) is 0 Å². The van der Waals surface area contributed by atoms with E-state index in [4.69, 9.17) is 0 Å². The maximum absolute atomic E-state index is 12.3. The number of pyridine rings is 1. The van der Waals surface area contributed by atoms with Crippen LogP contribution in [0.1, 0.15) is 57.5 Å². The summed E-state index contributed by atoms with van der Waals surface area (Å²) in [5.41, 5.74) is 2.83. The third-order valence-corrected chi connectivity index (χ3v) is 3.43. The zero-order chi connectivity index (χ0) is 15.8. The molecule has 2 nitrogen and oxygen atoms in total. The molecule has 0 bridgehead atoms. The zero-order valence-corrected chi connectivity index (χ0v) is 13.9. The Bertz CT molecular complexity index is 672. The molecule has 0 saturated carbocycles. The Morgan fingerprint density at radius 2 is 1.71 bits per heavy atom. The zero-order valence-electron chi connectivity index (χ0n) is 13.9. The van der Waals surface area contributed by atoms with Crippen LogP contribution >= 0.6 is 0 Å². The predicted octanol–water partition coefficient (Wildman–Crippen LogP) is 5.05. The first kappa shape index (κ1) is 15.7. The molecule has 0 amide bonds. The first-order valence-electron chi connectivity index (χ1n) is 7.50. The molecule has 2 rings (SSSR count). The number of carbonyl (C=O) groups is 1. The van der Waals surface area contributed by atoms with Crippen molar-refractivity contribution in [3.8, 4) is 0 Å². The first-order chi connectivity index (χ1) is 9.56. The topological polar surface area (TPSA) is 30.0 Å². The highest BCUT2D eigenvalue weighted by Gasteiger charge is 2.23. The fourth-order valence-electron chi connectivity index (χ4n) is 2.45. The molecule has 0 N–H and O–H groups in total. The molecule has 2 heteroatoms. The van der Waals surface area contributed by atoms with Crippen molar-refractivity contribution in [2.24, 2.45) is 10.8 Å². The maximum Gasteiger partial charge on any atom is 0.169 e. The molecule has 0 spiro atoms. The fourth-order valence-corrected chi connectivity index (χ4v) is 2.45. The number of ketones is 1. The molecule has 0 aliphatic carbocycles. The Labute approximate surface area is 127 Å². The molecule has 0 saturated heterocycles. The van der Waals surface area contributed by atoms with E-state index in [9.17, 15) is 4.79 Å². The minimum Gasteiger partial charge on any atom is -0.294 e. The lowest BCUT2D eigenvalue weighted by molar-refractivity contribution is 0.0858. The Kier molecular flexibility index (Phi) is 3.92. The summed E-state index contributed by atoms with van der Waals surface area (Å²) in [5, 5.41) is 1.03. The second kappa shape index (κ2) is 5.25. The smallest absolute Gasteiger partial charge is 0.169 e. The van der Waals surface area contributed by atoms with Gasteiger partial charge in [-0.05, 0) is 29.5 Å². The second-order valence-corrected chi connectivity index (χ2v) is 8.07. The summed E-state index contributed by atoms with van der Waals surface area (Å²) in [5.74, 6) is 0.135. The largest absolute Gasteiger partial charge is 0.294 e. The highest BCUT2D eigenvalue weighted by atomic mass is 16.1. The molecule has 1 heterocycles. The third kappa shape index (κ3) is 3.90. The molecule has 112 valence electrons. The maximum atomic E-state index is 12.3. The summed E-state index contributed by atoms with van der Waals surface area (Å²) >= 11 is 0. The molecule has 0 fully saturated rings. The number of carbonyl (C=O) groups excluding carboxylic acids is 1. The van der Waals surface area contributed by atoms with Crippen molar-refractivity contribution in [2.45, 2.75) is 48.0 Å². The van der Waals surface area contributed by atoms with Gasteiger partial charge in [-0.25, -0.2) is 0 Å². The van der Waals surface area contributed by atoms with Gasteiger partial charge in [0.25, 0.3) is 0 Å². The average molecular weight is 283 g/mol. The number of hydrogen-bond donors (Lipinski definition) is 0. The van der Waals surface area contributed by atoms with Gasteiger partial charge in [-0.2, -0.15) is 0 Å². The van der Waals surface area contributed by atoms with Crippen LogP contribution in [0.25, 0.3) is 10.9 Å². The van der Waals surface area contributed by atoms with Gasteiger partial charge in [0, 0.05) is 22.6 Å². The molecule has 1 aromatic carbocycles. The molecule has 0 atom stereocenters. The van der Waals surface area contributed by atoms with E-state index in [0.29, 0.717) is 5.56 Å². The van der Waals surface area contributed by atoms with E-state index in [0.717, 1.165) is 17.3 Å². The van der Waals surface area contributed by atoms with Crippen LogP contribution in [-0.4, -0.2) is 10.8 Å². The van der Waals surface area contributed by atoms with Crippen LogP contribution in [0.5, 0.6) is 0 Å². The van der Waals surface area contributed by atoms with E-state index in [-0.39, 0.29) is 16.6 Å². The van der Waals surface area contributed by atoms with Gasteiger partial charge < -0.3 is 0 Å². The van der Waals surface area contributed by atoms with Crippen molar-refractivity contribution in [2.75, 3.05) is 0 Å². The van der Waals surface area contributed by atoms with Crippen molar-refractivity contribution >= 4 is 16.7 Å². The lowest BCUT2D eigenvalue weighted by atomic mass is 9.86. The monoisotopic (exact) mass is 283 g/mol. The van der Waals surface area contributed by atoms with Gasteiger partial charge in [-0.3, -0.25) is 9.78 Å². The minimum absolute atomic E-state index is 0.135. The Balaban J connectivity index is 2.38. The van der Waals surface area contributed by atoms with E-state index in [1.807, 2.05) is 26.8 Å². The van der Waals surface area contributed by atoms with Gasteiger partial charge in [0.1, 0.15) is 0 Å². The number of rotatable bonds is 2. The quantitative estimate of drug-likeness (QED) is 0.722. The average Bonchev–Trinajstić information content (AvgIpc) is 2.34. The summed E-state index contributed by atoms with van der Waals surface area (Å²) in [6.07, 6.45) is 2.73. The number of fused-ring (bicyclic) bond motifs is 1. The van der Waals surface area contributed by atoms with Crippen LogP contribution in [0.4, 0.5) is 0 Å². The van der Waals surface area contributed by atoms with Crippen LogP contribution in [0.2, 0.25) is 0 Å². The Hall–Kier alpha value is -1.70. The standard InChI is InChI=1S/C19H25NO/c1-18(2,3)11-13-7-8-14-10-15(12-20-16(14)9-13)17(21)19(4,5)6/h7-10,12H,11H2,1-6H3. The molecule has 0 aliphatic rings. The molecule has 2 aromatic rings. The van der Waals surface area contributed by atoms with E-state index in [1.54, 1.807) is 6.20 Å². The van der Waals surface area contributed by atoms with Crippen molar-refractivity contribution < 1.29 is 4.79 Å². The van der Waals surface area contributed by atoms with E-state index in [2.05, 4.69) is 44.0 Å². The number of aromatic nitrogens is 1. The molecule has 21 heavy (non-hydrogen) atoms. The molecule has 0 unspecified atom stereocenters. The van der Waals surface area contributed by atoms with Gasteiger partial charge in [-0.15, -0.1) is 0 Å². The Morgan fingerprint density at radius 1 is 1.05 bits per heavy atom. The van der Waals surface area contributed by atoms with Crippen LogP contribution in [0, 0.1) is 10.8 Å². The summed E-state index contributed by atoms with van der Waals surface area (Å²) < 4.78 is 0. The molecular weight excluding hydrogens is 258 g/mol. The van der Waals surface area contributed by atoms with Crippen LogP contribution < -0.4 is 0 Å². The van der Waals surface area contributed by atoms with Crippen molar-refractivity contribution in [1.29, 1.82) is 0 Å². The van der Waals surface area contributed by atoms with E-state index in [1.165, 1.54) is 5.56 Å². The van der Waals surface area contributed by atoms with Gasteiger partial charge in [-0.1, -0.05) is 53.7 Å². The number of benzene rings is 1. The van der Waals surface area contributed by atoms with Crippen LogP contribution in [0.15, 0.2) is 30.5 Å². The Morgan fingerprint density at radius 3 is 2.29 bits per heavy atom. The summed E-state index contributed by atoms with van der Waals surface area (Å²) in [6.45, 7) is 12.5. The normalized spacial score (nSPS) is 12.7. The van der Waals surface area contributed by atoms with Crippen molar-refractivity contribution in [3.05, 3.63) is 41.6 Å². The molecular formula is C19H25NO. The molecule has 0 aliphatic heterocycles. The van der Waals surface area contributed by atoms with Gasteiger partial charge in [0.2, 0.25) is 0 Å². The fraction of sp³-hybridized carbons (Fsp3) is 0.474. The number of Topliss-reactive ketones (excluding diaryl/α,β-unsaturated/α-hetero) is 1. The summed E-state index contributed by atoms with van der Waals surface area (Å²) in [7, 11) is 0. The van der Waals surface area contributed by atoms with Gasteiger partial charge in [0.15, 0.2) is 5.78 Å². The van der Waals surface area contributed by atoms with Crippen LogP contribution in [-0.2, 0) is 6.42 Å². The summed E-state index contributed by atoms with van der Waals surface area (Å²) in [6, 6.07) is 8.30. The predicted molar refractivity (Wildman–Crippen MR) is 88.7 cm³/mol. The molecule has 0 radical (unpaired) electrons. The van der Waals surface area contributed by atoms with E-state index < -0.39 is 0 Å². The number of hydrogen-bond acceptors (Lipinski definition) is 2. The molecule has 1 aromatic heterocycles. The lowest BCUT2D eigenvalue weighted by Gasteiger charge is -2.18. The highest BCUT2D eigenvalue weighted by Crippen LogP contribution is 2.25. The second-order valence-electron chi connectivity index (χ2n) is 8.07. The van der Waals surface area contributed by atoms with Gasteiger partial charge >= 0.3 is 0 Å². The lowest BCUT2D eigenvalue weighted by Crippen LogP contribution is -2.20. The third-order valence-electron chi connectivity index (χ3n) is 3.43. The minimum atomic E-state index is -0.373. The first-order valence-corrected chi connectivity index (χ1v) is 7.50. The highest BCUT2D eigenvalue weighted by molar-refractivity contribution is 6.01.